The highest BCUT2D eigenvalue weighted by molar-refractivity contribution is 5.73. The number of carbonyl (C=O) groups excluding carboxylic acids is 1. The molecule has 0 bridgehead atoms. The number of carbonyl (C=O) groups is 1. The zero-order valence-electron chi connectivity index (χ0n) is 8.43. The van der Waals surface area contributed by atoms with Crippen molar-refractivity contribution in [3.8, 4) is 0 Å². The van der Waals surface area contributed by atoms with E-state index in [4.69, 9.17) is 10.8 Å². The second kappa shape index (κ2) is 6.67. The number of amides is 1. The van der Waals surface area contributed by atoms with E-state index in [2.05, 4.69) is 5.32 Å². The van der Waals surface area contributed by atoms with Gasteiger partial charge in [-0.15, -0.1) is 0 Å². The first-order chi connectivity index (χ1) is 6.93. The van der Waals surface area contributed by atoms with E-state index in [1.54, 1.807) is 0 Å². The third kappa shape index (κ3) is 4.52. The lowest BCUT2D eigenvalue weighted by Crippen LogP contribution is -2.55. The number of aliphatic hydroxyl groups excluding tert-OH is 3. The van der Waals surface area contributed by atoms with E-state index in [0.29, 0.717) is 0 Å². The van der Waals surface area contributed by atoms with Gasteiger partial charge < -0.3 is 26.4 Å². The van der Waals surface area contributed by atoms with Crippen LogP contribution in [-0.4, -0.2) is 58.8 Å². The molecule has 0 heterocycles. The summed E-state index contributed by atoms with van der Waals surface area (Å²) in [5.74, 6) is -0.438. The third-order valence-corrected chi connectivity index (χ3v) is 1.96. The molecule has 0 aliphatic heterocycles. The van der Waals surface area contributed by atoms with Gasteiger partial charge in [0.1, 0.15) is 25.0 Å². The second-order valence-corrected chi connectivity index (χ2v) is 3.25. The number of aliphatic hydroxyl groups is 3. The Morgan fingerprint density at radius 3 is 2.27 bits per heavy atom. The number of nitrogens with one attached hydrogen (secondary N) is 1. The van der Waals surface area contributed by atoms with Crippen LogP contribution in [-0.2, 0) is 4.79 Å². The number of nitrogens with two attached hydrogens (primary N) is 1. The van der Waals surface area contributed by atoms with Gasteiger partial charge in [0.25, 0.3) is 0 Å². The molecule has 6 nitrogen and oxygen atoms in total. The Bertz CT molecular complexity index is 205. The van der Waals surface area contributed by atoms with Crippen molar-refractivity contribution in [2.75, 3.05) is 13.2 Å². The molecule has 0 saturated carbocycles. The quantitative estimate of drug-likeness (QED) is 0.342. The first-order valence-electron chi connectivity index (χ1n) is 4.51. The molecule has 0 spiro atoms. The molecule has 15 heavy (non-hydrogen) atoms. The maximum Gasteiger partial charge on any atom is 0.217 e. The fourth-order valence-electron chi connectivity index (χ4n) is 1.10. The van der Waals surface area contributed by atoms with Gasteiger partial charge in [-0.05, 0) is 0 Å². The highest BCUT2D eigenvalue weighted by atomic mass is 19.1. The van der Waals surface area contributed by atoms with Crippen molar-refractivity contribution in [2.45, 2.75) is 31.3 Å². The van der Waals surface area contributed by atoms with Gasteiger partial charge in [-0.25, -0.2) is 4.39 Å². The Hall–Kier alpha value is -0.760. The second-order valence-electron chi connectivity index (χ2n) is 3.25. The van der Waals surface area contributed by atoms with Gasteiger partial charge in [0.05, 0.1) is 6.04 Å². The molecule has 0 rings (SSSR count). The summed E-state index contributed by atoms with van der Waals surface area (Å²) in [7, 11) is 0. The van der Waals surface area contributed by atoms with Crippen LogP contribution in [0.15, 0.2) is 0 Å². The summed E-state index contributed by atoms with van der Waals surface area (Å²) in [6.45, 7) is -0.0975. The number of hydrogen-bond donors (Lipinski definition) is 5. The van der Waals surface area contributed by atoms with Gasteiger partial charge in [0, 0.05) is 13.5 Å². The summed E-state index contributed by atoms with van der Waals surface area (Å²) in [6, 6.07) is -0.918. The average molecular weight is 224 g/mol. The first kappa shape index (κ1) is 14.2. The molecule has 0 aliphatic rings. The predicted molar refractivity (Wildman–Crippen MR) is 50.7 cm³/mol. The van der Waals surface area contributed by atoms with Crippen LogP contribution in [0.3, 0.4) is 0 Å². The largest absolute Gasteiger partial charge is 0.388 e. The van der Waals surface area contributed by atoms with Gasteiger partial charge >= 0.3 is 0 Å². The number of alkyl halides is 1. The van der Waals surface area contributed by atoms with Crippen molar-refractivity contribution in [3.05, 3.63) is 0 Å². The van der Waals surface area contributed by atoms with E-state index in [0.717, 1.165) is 0 Å². The Kier molecular flexibility index (Phi) is 6.34. The van der Waals surface area contributed by atoms with Crippen molar-refractivity contribution >= 4 is 5.91 Å². The maximum absolute atomic E-state index is 12.0. The molecule has 1 amide bonds. The normalized spacial score (nSPS) is 19.1. The number of halogens is 1. The van der Waals surface area contributed by atoms with Crippen molar-refractivity contribution in [2.24, 2.45) is 5.73 Å². The number of rotatable bonds is 6. The Morgan fingerprint density at radius 1 is 1.40 bits per heavy atom. The minimum atomic E-state index is -1.69. The zero-order chi connectivity index (χ0) is 12.0. The van der Waals surface area contributed by atoms with E-state index in [1.807, 2.05) is 0 Å². The fourth-order valence-corrected chi connectivity index (χ4v) is 1.10. The highest BCUT2D eigenvalue weighted by Gasteiger charge is 2.31. The Labute approximate surface area is 86.9 Å². The lowest BCUT2D eigenvalue weighted by molar-refractivity contribution is -0.122. The molecular weight excluding hydrogens is 207 g/mol. The van der Waals surface area contributed by atoms with Gasteiger partial charge in [0.15, 0.2) is 0 Å². The summed E-state index contributed by atoms with van der Waals surface area (Å²) in [6.07, 6.45) is -4.89. The van der Waals surface area contributed by atoms with Crippen LogP contribution in [0.25, 0.3) is 0 Å². The van der Waals surface area contributed by atoms with Crippen LogP contribution in [0.1, 0.15) is 6.92 Å². The van der Waals surface area contributed by atoms with E-state index in [1.165, 1.54) is 6.92 Å². The molecule has 6 N–H and O–H groups in total. The lowest BCUT2D eigenvalue weighted by Gasteiger charge is -2.28. The molecule has 90 valence electrons. The van der Waals surface area contributed by atoms with Crippen molar-refractivity contribution in [1.82, 2.24) is 5.32 Å². The van der Waals surface area contributed by atoms with Crippen LogP contribution < -0.4 is 11.1 Å². The summed E-state index contributed by atoms with van der Waals surface area (Å²) in [5.41, 5.74) is 5.24. The van der Waals surface area contributed by atoms with Gasteiger partial charge in [0.2, 0.25) is 5.91 Å². The van der Waals surface area contributed by atoms with Gasteiger partial charge in [-0.1, -0.05) is 0 Å². The minimum Gasteiger partial charge on any atom is -0.388 e. The lowest BCUT2D eigenvalue weighted by atomic mass is 10.0. The van der Waals surface area contributed by atoms with E-state index in [-0.39, 0.29) is 6.54 Å². The Morgan fingerprint density at radius 2 is 1.93 bits per heavy atom. The molecule has 0 aromatic carbocycles. The van der Waals surface area contributed by atoms with Crippen LogP contribution in [0.4, 0.5) is 4.39 Å². The van der Waals surface area contributed by atoms with Crippen LogP contribution >= 0.6 is 0 Å². The molecule has 0 fully saturated rings. The van der Waals surface area contributed by atoms with Gasteiger partial charge in [-0.3, -0.25) is 4.79 Å². The van der Waals surface area contributed by atoms with Crippen LogP contribution in [0, 0.1) is 0 Å². The molecule has 0 aromatic rings. The summed E-state index contributed by atoms with van der Waals surface area (Å²) >= 11 is 0. The SMILES string of the molecule is CC(=O)NC(CN)C(O)C(O)C(O)CF. The summed E-state index contributed by atoms with van der Waals surface area (Å²) in [4.78, 5) is 10.7. The molecule has 7 heteroatoms. The monoisotopic (exact) mass is 224 g/mol. The summed E-state index contributed by atoms with van der Waals surface area (Å²) < 4.78 is 12.0. The summed E-state index contributed by atoms with van der Waals surface area (Å²) in [5, 5.41) is 29.9. The first-order valence-corrected chi connectivity index (χ1v) is 4.51. The molecule has 4 unspecified atom stereocenters. The van der Waals surface area contributed by atoms with Crippen molar-refractivity contribution < 1.29 is 24.5 Å². The molecule has 4 atom stereocenters. The Balaban J connectivity index is 4.35. The fraction of sp³-hybridized carbons (Fsp3) is 0.875. The molecule has 0 saturated heterocycles. The molecule has 0 radical (unpaired) electrons. The van der Waals surface area contributed by atoms with Crippen LogP contribution in [0.5, 0.6) is 0 Å². The standard InChI is InChI=1S/C8H17FN2O4/c1-4(12)11-5(3-10)7(14)8(15)6(13)2-9/h5-8,13-15H,2-3,10H2,1H3,(H,11,12). The highest BCUT2D eigenvalue weighted by Crippen LogP contribution is 2.05. The van der Waals surface area contributed by atoms with Gasteiger partial charge in [-0.2, -0.15) is 0 Å². The maximum atomic E-state index is 12.0. The van der Waals surface area contributed by atoms with Crippen molar-refractivity contribution in [3.63, 3.8) is 0 Å². The van der Waals surface area contributed by atoms with Crippen molar-refractivity contribution in [1.29, 1.82) is 0 Å². The number of hydrogen-bond acceptors (Lipinski definition) is 5. The molecular formula is C8H17FN2O4. The smallest absolute Gasteiger partial charge is 0.217 e. The molecule has 0 aromatic heterocycles. The zero-order valence-corrected chi connectivity index (χ0v) is 8.43. The minimum absolute atomic E-state index is 0.128. The van der Waals surface area contributed by atoms with E-state index >= 15 is 0 Å². The topological polar surface area (TPSA) is 116 Å². The predicted octanol–water partition coefficient (Wildman–Crippen LogP) is -2.50. The van der Waals surface area contributed by atoms with Crippen LogP contribution in [0.2, 0.25) is 0 Å². The van der Waals surface area contributed by atoms with E-state index < -0.39 is 36.9 Å². The molecule has 0 aliphatic carbocycles. The third-order valence-electron chi connectivity index (χ3n) is 1.96. The van der Waals surface area contributed by atoms with E-state index in [9.17, 15) is 19.4 Å². The average Bonchev–Trinajstić information content (AvgIpc) is 2.22.